The molecular weight excluding hydrogens is 262 g/mol. The van der Waals surface area contributed by atoms with E-state index in [0.717, 1.165) is 0 Å². The van der Waals surface area contributed by atoms with Crippen LogP contribution < -0.4 is 10.6 Å². The Balaban J connectivity index is 2.35. The van der Waals surface area contributed by atoms with E-state index < -0.39 is 11.4 Å². The number of carboxylic acids is 1. The first-order chi connectivity index (χ1) is 9.41. The number of nitrogens with zero attached hydrogens (tertiary/aromatic N) is 1. The van der Waals surface area contributed by atoms with Crippen molar-refractivity contribution in [1.29, 1.82) is 0 Å². The number of carbonyl (C=O) groups excluding carboxylic acids is 2. The lowest BCUT2D eigenvalue weighted by atomic mass is 9.76. The average Bonchev–Trinajstić information content (AvgIpc) is 2.43. The second-order valence-corrected chi connectivity index (χ2v) is 5.14. The van der Waals surface area contributed by atoms with Gasteiger partial charge in [0.25, 0.3) is 0 Å². The summed E-state index contributed by atoms with van der Waals surface area (Å²) in [5.74, 6) is -0.905. The molecule has 3 amide bonds. The van der Waals surface area contributed by atoms with Crippen molar-refractivity contribution in [1.82, 2.24) is 15.5 Å². The van der Waals surface area contributed by atoms with Crippen molar-refractivity contribution < 1.29 is 19.5 Å². The zero-order chi connectivity index (χ0) is 15.2. The van der Waals surface area contributed by atoms with Gasteiger partial charge in [-0.25, -0.2) is 4.79 Å². The van der Waals surface area contributed by atoms with Crippen molar-refractivity contribution >= 4 is 17.9 Å². The molecule has 0 saturated carbocycles. The molecule has 1 aliphatic heterocycles. The monoisotopic (exact) mass is 285 g/mol. The number of piperidine rings is 1. The Kier molecular flexibility index (Phi) is 5.79. The van der Waals surface area contributed by atoms with Crippen LogP contribution in [-0.4, -0.2) is 54.1 Å². The van der Waals surface area contributed by atoms with Gasteiger partial charge in [-0.1, -0.05) is 6.92 Å². The molecule has 0 aromatic rings. The van der Waals surface area contributed by atoms with Crippen LogP contribution >= 0.6 is 0 Å². The molecule has 0 radical (unpaired) electrons. The SMILES string of the molecule is CCC1(C(=O)O)CCN(C(=O)NCCNC(C)=O)CC1. The Bertz CT molecular complexity index is 376. The first kappa shape index (κ1) is 16.3. The summed E-state index contributed by atoms with van der Waals surface area (Å²) in [5, 5.41) is 14.6. The Morgan fingerprint density at radius 2 is 1.70 bits per heavy atom. The Morgan fingerprint density at radius 1 is 1.15 bits per heavy atom. The van der Waals surface area contributed by atoms with E-state index in [9.17, 15) is 19.5 Å². The van der Waals surface area contributed by atoms with Crippen LogP contribution in [0.4, 0.5) is 4.79 Å². The lowest BCUT2D eigenvalue weighted by Crippen LogP contribution is -2.50. The van der Waals surface area contributed by atoms with E-state index in [4.69, 9.17) is 0 Å². The van der Waals surface area contributed by atoms with Crippen molar-refractivity contribution in [3.05, 3.63) is 0 Å². The summed E-state index contributed by atoms with van der Waals surface area (Å²) in [4.78, 5) is 35.5. The van der Waals surface area contributed by atoms with Gasteiger partial charge in [-0.05, 0) is 19.3 Å². The van der Waals surface area contributed by atoms with E-state index in [1.807, 2.05) is 6.92 Å². The van der Waals surface area contributed by atoms with E-state index in [2.05, 4.69) is 10.6 Å². The van der Waals surface area contributed by atoms with Crippen LogP contribution in [0.2, 0.25) is 0 Å². The highest BCUT2D eigenvalue weighted by Crippen LogP contribution is 2.34. The lowest BCUT2D eigenvalue weighted by Gasteiger charge is -2.38. The van der Waals surface area contributed by atoms with Gasteiger partial charge in [0.05, 0.1) is 5.41 Å². The first-order valence-corrected chi connectivity index (χ1v) is 6.92. The summed E-state index contributed by atoms with van der Waals surface area (Å²) < 4.78 is 0. The average molecular weight is 285 g/mol. The molecule has 0 unspecified atom stereocenters. The predicted octanol–water partition coefficient (Wildman–Crippen LogP) is 0.409. The van der Waals surface area contributed by atoms with E-state index >= 15 is 0 Å². The van der Waals surface area contributed by atoms with Gasteiger partial charge in [-0.15, -0.1) is 0 Å². The zero-order valence-electron chi connectivity index (χ0n) is 12.1. The molecule has 1 aliphatic rings. The van der Waals surface area contributed by atoms with Gasteiger partial charge < -0.3 is 20.6 Å². The van der Waals surface area contributed by atoms with Gasteiger partial charge in [0.1, 0.15) is 0 Å². The maximum atomic E-state index is 11.9. The van der Waals surface area contributed by atoms with Crippen LogP contribution in [0, 0.1) is 5.41 Å². The molecule has 1 rings (SSSR count). The fourth-order valence-electron chi connectivity index (χ4n) is 2.38. The normalized spacial score (nSPS) is 17.4. The Morgan fingerprint density at radius 3 is 2.15 bits per heavy atom. The number of urea groups is 1. The van der Waals surface area contributed by atoms with E-state index in [0.29, 0.717) is 45.4 Å². The number of nitrogens with one attached hydrogen (secondary N) is 2. The summed E-state index contributed by atoms with van der Waals surface area (Å²) in [6.07, 6.45) is 1.55. The van der Waals surface area contributed by atoms with Gasteiger partial charge in [0.15, 0.2) is 0 Å². The maximum absolute atomic E-state index is 11.9. The van der Waals surface area contributed by atoms with Crippen molar-refractivity contribution in [2.45, 2.75) is 33.1 Å². The van der Waals surface area contributed by atoms with Crippen LogP contribution in [0.3, 0.4) is 0 Å². The number of carboxylic acid groups (broad SMARTS) is 1. The van der Waals surface area contributed by atoms with E-state index in [1.165, 1.54) is 6.92 Å². The smallest absolute Gasteiger partial charge is 0.317 e. The van der Waals surface area contributed by atoms with Crippen LogP contribution in [0.1, 0.15) is 33.1 Å². The molecule has 7 nitrogen and oxygen atoms in total. The second kappa shape index (κ2) is 7.12. The van der Waals surface area contributed by atoms with Crippen molar-refractivity contribution in [3.8, 4) is 0 Å². The standard InChI is InChI=1S/C13H23N3O4/c1-3-13(11(18)19)4-8-16(9-5-13)12(20)15-7-6-14-10(2)17/h3-9H2,1-2H3,(H,14,17)(H,15,20)(H,18,19). The molecule has 0 atom stereocenters. The van der Waals surface area contributed by atoms with E-state index in [-0.39, 0.29) is 11.9 Å². The summed E-state index contributed by atoms with van der Waals surface area (Å²) in [5.41, 5.74) is -0.688. The summed E-state index contributed by atoms with van der Waals surface area (Å²) >= 11 is 0. The third kappa shape index (κ3) is 4.11. The molecule has 0 aromatic carbocycles. The van der Waals surface area contributed by atoms with Crippen LogP contribution in [0.5, 0.6) is 0 Å². The highest BCUT2D eigenvalue weighted by molar-refractivity contribution is 5.77. The summed E-state index contributed by atoms with van der Waals surface area (Å²) in [7, 11) is 0. The number of amides is 3. The fourth-order valence-corrected chi connectivity index (χ4v) is 2.38. The van der Waals surface area contributed by atoms with Crippen molar-refractivity contribution in [3.63, 3.8) is 0 Å². The lowest BCUT2D eigenvalue weighted by molar-refractivity contribution is -0.152. The molecule has 1 fully saturated rings. The van der Waals surface area contributed by atoms with Crippen LogP contribution in [-0.2, 0) is 9.59 Å². The third-order valence-electron chi connectivity index (χ3n) is 3.91. The topological polar surface area (TPSA) is 98.7 Å². The molecule has 0 aromatic heterocycles. The van der Waals surface area contributed by atoms with Gasteiger partial charge in [-0.3, -0.25) is 9.59 Å². The maximum Gasteiger partial charge on any atom is 0.317 e. The van der Waals surface area contributed by atoms with E-state index in [1.54, 1.807) is 4.90 Å². The van der Waals surface area contributed by atoms with Crippen molar-refractivity contribution in [2.24, 2.45) is 5.41 Å². The molecule has 3 N–H and O–H groups in total. The largest absolute Gasteiger partial charge is 0.481 e. The summed E-state index contributed by atoms with van der Waals surface area (Å²) in [6.45, 7) is 4.95. The number of hydrogen-bond acceptors (Lipinski definition) is 3. The van der Waals surface area contributed by atoms with Gasteiger partial charge >= 0.3 is 12.0 Å². The molecule has 7 heteroatoms. The predicted molar refractivity (Wildman–Crippen MR) is 73.2 cm³/mol. The molecule has 20 heavy (non-hydrogen) atoms. The Labute approximate surface area is 118 Å². The Hall–Kier alpha value is -1.79. The number of aliphatic carboxylic acids is 1. The van der Waals surface area contributed by atoms with Gasteiger partial charge in [0, 0.05) is 33.1 Å². The molecule has 1 saturated heterocycles. The third-order valence-corrected chi connectivity index (χ3v) is 3.91. The molecule has 0 aliphatic carbocycles. The number of likely N-dealkylation sites (tertiary alicyclic amines) is 1. The molecule has 0 bridgehead atoms. The molecule has 0 spiro atoms. The first-order valence-electron chi connectivity index (χ1n) is 6.92. The number of hydrogen-bond donors (Lipinski definition) is 3. The van der Waals surface area contributed by atoms with Gasteiger partial charge in [-0.2, -0.15) is 0 Å². The second-order valence-electron chi connectivity index (χ2n) is 5.14. The quantitative estimate of drug-likeness (QED) is 0.637. The van der Waals surface area contributed by atoms with Crippen molar-refractivity contribution in [2.75, 3.05) is 26.2 Å². The minimum atomic E-state index is -0.772. The number of carbonyl (C=O) groups is 3. The number of rotatable bonds is 5. The van der Waals surface area contributed by atoms with Gasteiger partial charge in [0.2, 0.25) is 5.91 Å². The molecule has 1 heterocycles. The fraction of sp³-hybridized carbons (Fsp3) is 0.769. The zero-order valence-corrected chi connectivity index (χ0v) is 12.1. The van der Waals surface area contributed by atoms with Crippen LogP contribution in [0.25, 0.3) is 0 Å². The minimum Gasteiger partial charge on any atom is -0.481 e. The highest BCUT2D eigenvalue weighted by atomic mass is 16.4. The van der Waals surface area contributed by atoms with Crippen LogP contribution in [0.15, 0.2) is 0 Å². The minimum absolute atomic E-state index is 0.133. The molecule has 114 valence electrons. The molecular formula is C13H23N3O4. The highest BCUT2D eigenvalue weighted by Gasteiger charge is 2.40. The summed E-state index contributed by atoms with van der Waals surface area (Å²) in [6, 6.07) is -0.203.